The van der Waals surface area contributed by atoms with Crippen molar-refractivity contribution < 1.29 is 9.15 Å². The van der Waals surface area contributed by atoms with Gasteiger partial charge in [0.15, 0.2) is 11.3 Å². The van der Waals surface area contributed by atoms with Crippen LogP contribution in [0.2, 0.25) is 0 Å². The number of hydrogen-bond acceptors (Lipinski definition) is 4. The first-order chi connectivity index (χ1) is 10.7. The molecule has 0 aliphatic heterocycles. The van der Waals surface area contributed by atoms with Crippen LogP contribution in [0.15, 0.2) is 45.6 Å². The van der Waals surface area contributed by atoms with Crippen LogP contribution in [-0.4, -0.2) is 20.2 Å². The van der Waals surface area contributed by atoms with Crippen molar-refractivity contribution in [3.05, 3.63) is 46.6 Å². The van der Waals surface area contributed by atoms with Gasteiger partial charge >= 0.3 is 0 Å². The van der Waals surface area contributed by atoms with Gasteiger partial charge < -0.3 is 14.1 Å². The standard InChI is InChI=1S/C18H19NO3/c1-4-19(5-2)17-11-15(20)18-14-8-7-13(21-3)10-12(14)6-9-16(18)22-17/h6-11H,4-5H2,1-3H3. The number of benzene rings is 2. The van der Waals surface area contributed by atoms with Crippen LogP contribution in [0.5, 0.6) is 5.75 Å². The Morgan fingerprint density at radius 3 is 2.55 bits per heavy atom. The predicted molar refractivity (Wildman–Crippen MR) is 90.1 cm³/mol. The van der Waals surface area contributed by atoms with E-state index in [9.17, 15) is 4.79 Å². The Kier molecular flexibility index (Phi) is 3.75. The van der Waals surface area contributed by atoms with Gasteiger partial charge in [0.1, 0.15) is 11.3 Å². The minimum atomic E-state index is -0.0149. The summed E-state index contributed by atoms with van der Waals surface area (Å²) in [5, 5.41) is 2.48. The van der Waals surface area contributed by atoms with Gasteiger partial charge in [-0.05, 0) is 48.9 Å². The molecule has 0 saturated carbocycles. The molecule has 0 radical (unpaired) electrons. The third kappa shape index (κ3) is 2.30. The number of anilines is 1. The second-order valence-corrected chi connectivity index (χ2v) is 5.15. The van der Waals surface area contributed by atoms with Crippen molar-refractivity contribution in [3.63, 3.8) is 0 Å². The maximum absolute atomic E-state index is 12.6. The molecule has 0 fully saturated rings. The molecular weight excluding hydrogens is 278 g/mol. The molecule has 0 saturated heterocycles. The molecule has 0 aliphatic rings. The molecule has 0 atom stereocenters. The number of ether oxygens (including phenoxy) is 1. The molecule has 22 heavy (non-hydrogen) atoms. The van der Waals surface area contributed by atoms with E-state index in [1.807, 2.05) is 49.1 Å². The van der Waals surface area contributed by atoms with Gasteiger partial charge in [0.05, 0.1) is 12.5 Å². The number of hydrogen-bond donors (Lipinski definition) is 0. The fraction of sp³-hybridized carbons (Fsp3) is 0.278. The quantitative estimate of drug-likeness (QED) is 0.687. The topological polar surface area (TPSA) is 42.7 Å². The maximum atomic E-state index is 12.6. The summed E-state index contributed by atoms with van der Waals surface area (Å²) in [6, 6.07) is 11.1. The largest absolute Gasteiger partial charge is 0.497 e. The van der Waals surface area contributed by atoms with Gasteiger partial charge in [-0.15, -0.1) is 0 Å². The van der Waals surface area contributed by atoms with E-state index in [-0.39, 0.29) is 5.43 Å². The van der Waals surface area contributed by atoms with Crippen LogP contribution >= 0.6 is 0 Å². The molecule has 114 valence electrons. The van der Waals surface area contributed by atoms with E-state index < -0.39 is 0 Å². The SMILES string of the molecule is CCN(CC)c1cc(=O)c2c(ccc3cc(OC)ccc32)o1. The highest BCUT2D eigenvalue weighted by Crippen LogP contribution is 2.28. The normalized spacial score (nSPS) is 11.0. The van der Waals surface area contributed by atoms with Crippen molar-refractivity contribution in [1.29, 1.82) is 0 Å². The summed E-state index contributed by atoms with van der Waals surface area (Å²) >= 11 is 0. The molecule has 3 rings (SSSR count). The highest BCUT2D eigenvalue weighted by atomic mass is 16.5. The zero-order chi connectivity index (χ0) is 15.7. The summed E-state index contributed by atoms with van der Waals surface area (Å²) < 4.78 is 11.2. The van der Waals surface area contributed by atoms with Gasteiger partial charge in [-0.2, -0.15) is 0 Å². The fourth-order valence-corrected chi connectivity index (χ4v) is 2.77. The molecule has 2 aromatic carbocycles. The highest BCUT2D eigenvalue weighted by molar-refractivity contribution is 6.05. The molecule has 0 amide bonds. The van der Waals surface area contributed by atoms with Gasteiger partial charge in [0.2, 0.25) is 0 Å². The van der Waals surface area contributed by atoms with E-state index in [1.165, 1.54) is 0 Å². The Labute approximate surface area is 128 Å². The van der Waals surface area contributed by atoms with Crippen LogP contribution in [0.1, 0.15) is 13.8 Å². The fourth-order valence-electron chi connectivity index (χ4n) is 2.77. The minimum absolute atomic E-state index is 0.0149. The van der Waals surface area contributed by atoms with Crippen molar-refractivity contribution >= 4 is 27.6 Å². The molecule has 4 heteroatoms. The lowest BCUT2D eigenvalue weighted by molar-refractivity contribution is 0.415. The van der Waals surface area contributed by atoms with Crippen LogP contribution in [0.25, 0.3) is 21.7 Å². The lowest BCUT2D eigenvalue weighted by Crippen LogP contribution is -2.23. The Morgan fingerprint density at radius 1 is 1.09 bits per heavy atom. The van der Waals surface area contributed by atoms with Crippen molar-refractivity contribution in [2.45, 2.75) is 13.8 Å². The van der Waals surface area contributed by atoms with E-state index in [0.29, 0.717) is 16.9 Å². The molecule has 0 unspecified atom stereocenters. The molecule has 1 aromatic heterocycles. The van der Waals surface area contributed by atoms with Crippen LogP contribution in [0.4, 0.5) is 5.88 Å². The molecule has 0 bridgehead atoms. The minimum Gasteiger partial charge on any atom is -0.497 e. The number of methoxy groups -OCH3 is 1. The third-order valence-electron chi connectivity index (χ3n) is 3.98. The summed E-state index contributed by atoms with van der Waals surface area (Å²) in [6.45, 7) is 5.69. The Morgan fingerprint density at radius 2 is 1.86 bits per heavy atom. The molecule has 0 N–H and O–H groups in total. The zero-order valence-corrected chi connectivity index (χ0v) is 13.1. The van der Waals surface area contributed by atoms with Crippen molar-refractivity contribution in [2.75, 3.05) is 25.1 Å². The molecule has 4 nitrogen and oxygen atoms in total. The first-order valence-electron chi connectivity index (χ1n) is 7.47. The average Bonchev–Trinajstić information content (AvgIpc) is 2.55. The summed E-state index contributed by atoms with van der Waals surface area (Å²) in [4.78, 5) is 14.6. The van der Waals surface area contributed by atoms with E-state index in [2.05, 4.69) is 0 Å². The second-order valence-electron chi connectivity index (χ2n) is 5.15. The molecule has 1 heterocycles. The van der Waals surface area contributed by atoms with E-state index in [4.69, 9.17) is 9.15 Å². The van der Waals surface area contributed by atoms with Gasteiger partial charge in [-0.25, -0.2) is 0 Å². The molecule has 3 aromatic rings. The summed E-state index contributed by atoms with van der Waals surface area (Å²) in [7, 11) is 1.63. The van der Waals surface area contributed by atoms with Gasteiger partial charge in [-0.1, -0.05) is 6.07 Å². The van der Waals surface area contributed by atoms with Crippen LogP contribution < -0.4 is 15.1 Å². The number of rotatable bonds is 4. The monoisotopic (exact) mass is 297 g/mol. The van der Waals surface area contributed by atoms with Gasteiger partial charge in [0.25, 0.3) is 0 Å². The van der Waals surface area contributed by atoms with Gasteiger partial charge in [-0.3, -0.25) is 4.79 Å². The summed E-state index contributed by atoms with van der Waals surface area (Å²) in [5.41, 5.74) is 0.603. The first kappa shape index (κ1) is 14.4. The van der Waals surface area contributed by atoms with Gasteiger partial charge in [0, 0.05) is 19.2 Å². The first-order valence-corrected chi connectivity index (χ1v) is 7.47. The predicted octanol–water partition coefficient (Wildman–Crippen LogP) is 3.80. The second kappa shape index (κ2) is 5.72. The molecule has 0 aliphatic carbocycles. The Hall–Kier alpha value is -2.49. The average molecular weight is 297 g/mol. The van der Waals surface area contributed by atoms with E-state index >= 15 is 0 Å². The lowest BCUT2D eigenvalue weighted by Gasteiger charge is -2.19. The lowest BCUT2D eigenvalue weighted by atomic mass is 10.1. The summed E-state index contributed by atoms with van der Waals surface area (Å²) in [6.07, 6.45) is 0. The maximum Gasteiger partial charge on any atom is 0.199 e. The Bertz CT molecular complexity index is 879. The van der Waals surface area contributed by atoms with Crippen LogP contribution in [-0.2, 0) is 0 Å². The number of nitrogens with zero attached hydrogens (tertiary/aromatic N) is 1. The Balaban J connectivity index is 2.29. The van der Waals surface area contributed by atoms with Crippen LogP contribution in [0, 0.1) is 0 Å². The zero-order valence-electron chi connectivity index (χ0n) is 13.1. The van der Waals surface area contributed by atoms with Crippen molar-refractivity contribution in [2.24, 2.45) is 0 Å². The van der Waals surface area contributed by atoms with Crippen molar-refractivity contribution in [1.82, 2.24) is 0 Å². The van der Waals surface area contributed by atoms with Crippen LogP contribution in [0.3, 0.4) is 0 Å². The number of fused-ring (bicyclic) bond motifs is 3. The highest BCUT2D eigenvalue weighted by Gasteiger charge is 2.12. The molecular formula is C18H19NO3. The van der Waals surface area contributed by atoms with Crippen molar-refractivity contribution in [3.8, 4) is 5.75 Å². The van der Waals surface area contributed by atoms with E-state index in [0.717, 1.165) is 29.6 Å². The smallest absolute Gasteiger partial charge is 0.199 e. The molecule has 0 spiro atoms. The third-order valence-corrected chi connectivity index (χ3v) is 3.98. The van der Waals surface area contributed by atoms with E-state index in [1.54, 1.807) is 13.2 Å². The summed E-state index contributed by atoms with van der Waals surface area (Å²) in [5.74, 6) is 1.39.